The number of aromatic nitrogens is 3. The van der Waals surface area contributed by atoms with Crippen LogP contribution in [0.2, 0.25) is 0 Å². The highest BCUT2D eigenvalue weighted by atomic mass is 32.2. The topological polar surface area (TPSA) is 73.0 Å². The predicted molar refractivity (Wildman–Crippen MR) is 114 cm³/mol. The van der Waals surface area contributed by atoms with Gasteiger partial charge in [0.15, 0.2) is 10.9 Å². The molecule has 7 heteroatoms. The van der Waals surface area contributed by atoms with Crippen LogP contribution in [0.15, 0.2) is 58.3 Å². The molecule has 0 bridgehead atoms. The summed E-state index contributed by atoms with van der Waals surface area (Å²) in [5.41, 5.74) is 0.932. The number of nitrogens with zero attached hydrogens (tertiary/aromatic N) is 3. The monoisotopic (exact) mass is 410 g/mol. The van der Waals surface area contributed by atoms with Crippen LogP contribution in [0.3, 0.4) is 0 Å². The first-order valence-electron chi connectivity index (χ1n) is 10.1. The van der Waals surface area contributed by atoms with E-state index in [4.69, 9.17) is 4.42 Å². The fourth-order valence-electron chi connectivity index (χ4n) is 3.90. The summed E-state index contributed by atoms with van der Waals surface area (Å²) in [6, 6.07) is 13.8. The number of nitrogens with one attached hydrogen (secondary N) is 1. The van der Waals surface area contributed by atoms with Gasteiger partial charge in [0.25, 0.3) is 0 Å². The van der Waals surface area contributed by atoms with Crippen molar-refractivity contribution in [1.29, 1.82) is 0 Å². The van der Waals surface area contributed by atoms with Gasteiger partial charge in [0.1, 0.15) is 0 Å². The van der Waals surface area contributed by atoms with Crippen LogP contribution in [0.4, 0.5) is 0 Å². The minimum atomic E-state index is 0.0445. The molecule has 0 spiro atoms. The molecule has 1 saturated carbocycles. The maximum Gasteiger partial charge on any atom is 0.230 e. The number of thioether (sulfide) groups is 1. The van der Waals surface area contributed by atoms with Crippen molar-refractivity contribution in [1.82, 2.24) is 20.1 Å². The van der Waals surface area contributed by atoms with E-state index in [1.807, 2.05) is 47.0 Å². The Morgan fingerprint density at radius 2 is 2.00 bits per heavy atom. The van der Waals surface area contributed by atoms with Crippen molar-refractivity contribution in [2.75, 3.05) is 5.75 Å². The highest BCUT2D eigenvalue weighted by Crippen LogP contribution is 2.30. The van der Waals surface area contributed by atoms with Gasteiger partial charge in [0, 0.05) is 11.7 Å². The molecule has 6 nitrogen and oxygen atoms in total. The van der Waals surface area contributed by atoms with Gasteiger partial charge >= 0.3 is 0 Å². The Labute approximate surface area is 175 Å². The summed E-state index contributed by atoms with van der Waals surface area (Å²) in [6.45, 7) is 4.51. The van der Waals surface area contributed by atoms with Crippen molar-refractivity contribution in [2.24, 2.45) is 11.8 Å². The molecule has 29 heavy (non-hydrogen) atoms. The van der Waals surface area contributed by atoms with Gasteiger partial charge in [-0.3, -0.25) is 9.36 Å². The summed E-state index contributed by atoms with van der Waals surface area (Å²) in [7, 11) is 0. The molecule has 0 aliphatic heterocycles. The SMILES string of the molecule is C[C@@H]1[C@H](C)CCC[C@H]1NC(=O)CSc1nnc(-c2ccco2)n1-c1ccccc1. The second kappa shape index (κ2) is 8.86. The molecular weight excluding hydrogens is 384 g/mol. The molecule has 152 valence electrons. The van der Waals surface area contributed by atoms with Crippen LogP contribution in [-0.2, 0) is 4.79 Å². The van der Waals surface area contributed by atoms with Crippen molar-refractivity contribution in [2.45, 2.75) is 44.3 Å². The second-order valence-electron chi connectivity index (χ2n) is 7.68. The van der Waals surface area contributed by atoms with E-state index in [9.17, 15) is 4.79 Å². The van der Waals surface area contributed by atoms with Gasteiger partial charge in [-0.15, -0.1) is 10.2 Å². The van der Waals surface area contributed by atoms with Crippen molar-refractivity contribution in [3.63, 3.8) is 0 Å². The predicted octanol–water partition coefficient (Wildman–Crippen LogP) is 4.56. The Kier molecular flexibility index (Phi) is 6.04. The fourth-order valence-corrected chi connectivity index (χ4v) is 4.67. The minimum Gasteiger partial charge on any atom is -0.461 e. The van der Waals surface area contributed by atoms with Gasteiger partial charge in [0.05, 0.1) is 12.0 Å². The molecule has 3 atom stereocenters. The lowest BCUT2D eigenvalue weighted by molar-refractivity contribution is -0.120. The maximum absolute atomic E-state index is 12.6. The zero-order valence-corrected chi connectivity index (χ0v) is 17.6. The summed E-state index contributed by atoms with van der Waals surface area (Å²) in [5, 5.41) is 12.5. The van der Waals surface area contributed by atoms with Crippen LogP contribution >= 0.6 is 11.8 Å². The Bertz CT molecular complexity index is 939. The first-order valence-corrected chi connectivity index (χ1v) is 11.1. The maximum atomic E-state index is 12.6. The van der Waals surface area contributed by atoms with E-state index in [0.717, 1.165) is 12.1 Å². The smallest absolute Gasteiger partial charge is 0.230 e. The van der Waals surface area contributed by atoms with Crippen LogP contribution < -0.4 is 5.32 Å². The normalized spacial score (nSPS) is 21.8. The Balaban J connectivity index is 1.50. The molecule has 1 aliphatic carbocycles. The number of carbonyl (C=O) groups is 1. The summed E-state index contributed by atoms with van der Waals surface area (Å²) >= 11 is 1.39. The fraction of sp³-hybridized carbons (Fsp3) is 0.409. The number of amides is 1. The first kappa shape index (κ1) is 19.8. The molecule has 0 unspecified atom stereocenters. The molecule has 0 radical (unpaired) electrons. The van der Waals surface area contributed by atoms with Gasteiger partial charge in [-0.1, -0.05) is 56.7 Å². The highest BCUT2D eigenvalue weighted by molar-refractivity contribution is 7.99. The van der Waals surface area contributed by atoms with Crippen LogP contribution in [0.1, 0.15) is 33.1 Å². The number of para-hydroxylation sites is 1. The third kappa shape index (κ3) is 4.40. The van der Waals surface area contributed by atoms with Crippen LogP contribution in [0, 0.1) is 11.8 Å². The van der Waals surface area contributed by atoms with Crippen LogP contribution in [0.25, 0.3) is 17.3 Å². The quantitative estimate of drug-likeness (QED) is 0.603. The molecule has 1 aliphatic rings. The zero-order chi connectivity index (χ0) is 20.2. The van der Waals surface area contributed by atoms with E-state index in [1.165, 1.54) is 24.6 Å². The molecule has 1 aromatic carbocycles. The summed E-state index contributed by atoms with van der Waals surface area (Å²) in [6.07, 6.45) is 5.10. The third-order valence-electron chi connectivity index (χ3n) is 5.77. The molecule has 3 aromatic rings. The summed E-state index contributed by atoms with van der Waals surface area (Å²) in [4.78, 5) is 12.6. The number of furan rings is 1. The van der Waals surface area contributed by atoms with Crippen LogP contribution in [-0.4, -0.2) is 32.5 Å². The highest BCUT2D eigenvalue weighted by Gasteiger charge is 2.28. The molecule has 1 N–H and O–H groups in total. The van der Waals surface area contributed by atoms with Crippen molar-refractivity contribution in [3.05, 3.63) is 48.7 Å². The van der Waals surface area contributed by atoms with Gasteiger partial charge in [-0.2, -0.15) is 0 Å². The lowest BCUT2D eigenvalue weighted by Crippen LogP contribution is -2.44. The lowest BCUT2D eigenvalue weighted by Gasteiger charge is -2.34. The minimum absolute atomic E-state index is 0.0445. The Hall–Kier alpha value is -2.54. The average molecular weight is 411 g/mol. The number of rotatable bonds is 6. The van der Waals surface area contributed by atoms with E-state index in [2.05, 4.69) is 29.4 Å². The number of benzene rings is 1. The molecule has 2 heterocycles. The van der Waals surface area contributed by atoms with E-state index < -0.39 is 0 Å². The van der Waals surface area contributed by atoms with E-state index >= 15 is 0 Å². The Morgan fingerprint density at radius 1 is 1.17 bits per heavy atom. The lowest BCUT2D eigenvalue weighted by atomic mass is 9.78. The van der Waals surface area contributed by atoms with Gasteiger partial charge < -0.3 is 9.73 Å². The number of hydrogen-bond donors (Lipinski definition) is 1. The van der Waals surface area contributed by atoms with E-state index in [0.29, 0.717) is 34.3 Å². The molecule has 1 amide bonds. The number of hydrogen-bond acceptors (Lipinski definition) is 5. The van der Waals surface area contributed by atoms with E-state index in [-0.39, 0.29) is 11.9 Å². The third-order valence-corrected chi connectivity index (χ3v) is 6.70. The molecular formula is C22H26N4O2S. The van der Waals surface area contributed by atoms with Crippen molar-refractivity contribution in [3.8, 4) is 17.3 Å². The number of carbonyl (C=O) groups excluding carboxylic acids is 1. The molecule has 2 aromatic heterocycles. The second-order valence-corrected chi connectivity index (χ2v) is 8.63. The Morgan fingerprint density at radius 3 is 2.76 bits per heavy atom. The van der Waals surface area contributed by atoms with E-state index in [1.54, 1.807) is 6.26 Å². The largest absolute Gasteiger partial charge is 0.461 e. The van der Waals surface area contributed by atoms with Crippen molar-refractivity contribution >= 4 is 17.7 Å². The van der Waals surface area contributed by atoms with Crippen LogP contribution in [0.5, 0.6) is 0 Å². The van der Waals surface area contributed by atoms with Crippen molar-refractivity contribution < 1.29 is 9.21 Å². The standard InChI is InChI=1S/C22H26N4O2S/c1-15-8-6-11-18(16(15)2)23-20(27)14-29-22-25-24-21(19-12-7-13-28-19)26(22)17-9-4-3-5-10-17/h3-5,7,9-10,12-13,15-16,18H,6,8,11,14H2,1-2H3,(H,23,27)/t15-,16-,18-/m1/s1. The molecule has 0 saturated heterocycles. The zero-order valence-electron chi connectivity index (χ0n) is 16.7. The molecule has 4 rings (SSSR count). The van der Waals surface area contributed by atoms with Gasteiger partial charge in [0.2, 0.25) is 11.7 Å². The summed E-state index contributed by atoms with van der Waals surface area (Å²) in [5.74, 6) is 2.78. The van der Waals surface area contributed by atoms with Gasteiger partial charge in [-0.25, -0.2) is 0 Å². The average Bonchev–Trinajstić information content (AvgIpc) is 3.40. The molecule has 1 fully saturated rings. The van der Waals surface area contributed by atoms with Gasteiger partial charge in [-0.05, 0) is 42.5 Å². The first-order chi connectivity index (χ1) is 14.1. The summed E-state index contributed by atoms with van der Waals surface area (Å²) < 4.78 is 7.46.